The summed E-state index contributed by atoms with van der Waals surface area (Å²) in [7, 11) is 0.779. The summed E-state index contributed by atoms with van der Waals surface area (Å²) >= 11 is 6.59. The zero-order chi connectivity index (χ0) is 22.4. The summed E-state index contributed by atoms with van der Waals surface area (Å²) in [4.78, 5) is 27.9. The fraction of sp³-hybridized carbons (Fsp3) is 0.118. The predicted molar refractivity (Wildman–Crippen MR) is 97.2 cm³/mol. The van der Waals surface area contributed by atoms with Crippen LogP contribution in [0.4, 0.5) is 22.0 Å². The molecule has 1 N–H and O–H groups in total. The average Bonchev–Trinajstić information content (AvgIpc) is 2.63. The number of hydrogen-bond acceptors (Lipinski definition) is 5. The third-order valence-corrected chi connectivity index (χ3v) is 5.38. The molecule has 0 saturated carbocycles. The fourth-order valence-electron chi connectivity index (χ4n) is 2.49. The highest BCUT2D eigenvalue weighted by atomic mass is 35.5. The zero-order valence-corrected chi connectivity index (χ0v) is 16.2. The number of nitrogens with zero attached hydrogens (tertiary/aromatic N) is 3. The molecule has 2 heterocycles. The lowest BCUT2D eigenvalue weighted by Crippen LogP contribution is -2.41. The quantitative estimate of drug-likeness (QED) is 0.596. The average molecular weight is 466 g/mol. The maximum absolute atomic E-state index is 14.5. The highest BCUT2D eigenvalue weighted by molar-refractivity contribution is 7.99. The molecular formula is C17H9ClF5N3O3S. The minimum atomic E-state index is -4.98. The van der Waals surface area contributed by atoms with Gasteiger partial charge < -0.3 is 5.11 Å². The minimum Gasteiger partial charge on any atom is -0.492 e. The molecule has 0 spiro atoms. The molecule has 0 radical (unpaired) electrons. The number of rotatable bonds is 3. The number of alkyl halides is 3. The molecule has 0 amide bonds. The zero-order valence-electron chi connectivity index (χ0n) is 14.7. The van der Waals surface area contributed by atoms with E-state index in [0.29, 0.717) is 11.8 Å². The van der Waals surface area contributed by atoms with Crippen molar-refractivity contribution in [2.75, 3.05) is 0 Å². The van der Waals surface area contributed by atoms with Crippen LogP contribution in [0, 0.1) is 11.6 Å². The van der Waals surface area contributed by atoms with E-state index in [9.17, 15) is 36.6 Å². The van der Waals surface area contributed by atoms with Crippen molar-refractivity contribution in [3.63, 3.8) is 0 Å². The molecule has 0 aliphatic rings. The van der Waals surface area contributed by atoms with Gasteiger partial charge in [0.2, 0.25) is 5.88 Å². The van der Waals surface area contributed by atoms with Gasteiger partial charge in [-0.15, -0.1) is 0 Å². The van der Waals surface area contributed by atoms with E-state index in [1.807, 2.05) is 0 Å². The molecule has 13 heteroatoms. The third-order valence-electron chi connectivity index (χ3n) is 3.87. The first-order chi connectivity index (χ1) is 13.9. The van der Waals surface area contributed by atoms with Gasteiger partial charge in [0.25, 0.3) is 5.56 Å². The van der Waals surface area contributed by atoms with Crippen LogP contribution in [0.1, 0.15) is 5.69 Å². The van der Waals surface area contributed by atoms with Gasteiger partial charge in [-0.05, 0) is 18.2 Å². The van der Waals surface area contributed by atoms with Crippen LogP contribution in [-0.4, -0.2) is 19.2 Å². The van der Waals surface area contributed by atoms with Crippen LogP contribution in [0.15, 0.2) is 49.8 Å². The van der Waals surface area contributed by atoms with Crippen LogP contribution < -0.4 is 11.2 Å². The largest absolute Gasteiger partial charge is 0.492 e. The predicted octanol–water partition coefficient (Wildman–Crippen LogP) is 3.74. The first-order valence-corrected chi connectivity index (χ1v) is 9.01. The Labute approximate surface area is 173 Å². The van der Waals surface area contributed by atoms with E-state index in [-0.39, 0.29) is 30.0 Å². The number of benzene rings is 1. The Bertz CT molecular complexity index is 1270. The smallest absolute Gasteiger partial charge is 0.431 e. The van der Waals surface area contributed by atoms with Crippen LogP contribution in [0.2, 0.25) is 5.02 Å². The van der Waals surface area contributed by atoms with E-state index in [1.54, 1.807) is 0 Å². The Kier molecular flexibility index (Phi) is 5.65. The Morgan fingerprint density at radius 3 is 2.40 bits per heavy atom. The molecule has 6 nitrogen and oxygen atoms in total. The molecule has 3 rings (SSSR count). The van der Waals surface area contributed by atoms with Crippen molar-refractivity contribution in [3.8, 4) is 11.6 Å². The highest BCUT2D eigenvalue weighted by Crippen LogP contribution is 2.39. The van der Waals surface area contributed by atoms with E-state index in [0.717, 1.165) is 31.4 Å². The van der Waals surface area contributed by atoms with Crippen LogP contribution in [0.3, 0.4) is 0 Å². The van der Waals surface area contributed by atoms with Gasteiger partial charge in [-0.3, -0.25) is 9.36 Å². The molecular weight excluding hydrogens is 457 g/mol. The van der Waals surface area contributed by atoms with Crippen LogP contribution in [0.5, 0.6) is 5.88 Å². The standard InChI is InChI=1S/C17H9ClF5N3O3S/c1-25-13(17(21,22)23)5-14(27)26(16(25)29)10-4-11(8(18)3-9(10)20)30-12-2-7(19)6-24-15(12)28/h2-6H,1H3,(H,24,28). The van der Waals surface area contributed by atoms with Gasteiger partial charge in [0.05, 0.1) is 21.8 Å². The summed E-state index contributed by atoms with van der Waals surface area (Å²) < 4.78 is 67.2. The Balaban J connectivity index is 2.20. The first kappa shape index (κ1) is 21.8. The molecule has 30 heavy (non-hydrogen) atoms. The summed E-state index contributed by atoms with van der Waals surface area (Å²) in [6.07, 6.45) is -4.23. The lowest BCUT2D eigenvalue weighted by atomic mass is 10.3. The fourth-order valence-corrected chi connectivity index (χ4v) is 3.64. The van der Waals surface area contributed by atoms with Crippen LogP contribution >= 0.6 is 23.4 Å². The number of halogens is 6. The maximum atomic E-state index is 14.5. The number of hydrogen-bond donors (Lipinski definition) is 1. The van der Waals surface area contributed by atoms with E-state index in [4.69, 9.17) is 11.6 Å². The lowest BCUT2D eigenvalue weighted by Gasteiger charge is -2.15. The third kappa shape index (κ3) is 4.05. The van der Waals surface area contributed by atoms with E-state index < -0.39 is 46.3 Å². The van der Waals surface area contributed by atoms with Gasteiger partial charge in [0.1, 0.15) is 17.3 Å². The second kappa shape index (κ2) is 7.76. The van der Waals surface area contributed by atoms with Gasteiger partial charge in [-0.25, -0.2) is 23.1 Å². The molecule has 158 valence electrons. The number of aromatic hydroxyl groups is 1. The lowest BCUT2D eigenvalue weighted by molar-refractivity contribution is -0.144. The van der Waals surface area contributed by atoms with Crippen LogP contribution in [0.25, 0.3) is 5.69 Å². The molecule has 3 aromatic rings. The summed E-state index contributed by atoms with van der Waals surface area (Å²) in [6, 6.07) is 2.72. The van der Waals surface area contributed by atoms with Crippen molar-refractivity contribution in [3.05, 3.63) is 73.7 Å². The van der Waals surface area contributed by atoms with Gasteiger partial charge >= 0.3 is 11.9 Å². The summed E-state index contributed by atoms with van der Waals surface area (Å²) in [5.41, 5.74) is -5.04. The van der Waals surface area contributed by atoms with E-state index >= 15 is 0 Å². The molecule has 0 atom stereocenters. The van der Waals surface area contributed by atoms with Crippen molar-refractivity contribution in [1.29, 1.82) is 0 Å². The first-order valence-electron chi connectivity index (χ1n) is 7.82. The maximum Gasteiger partial charge on any atom is 0.431 e. The van der Waals surface area contributed by atoms with Crippen molar-refractivity contribution in [2.45, 2.75) is 16.0 Å². The molecule has 2 aromatic heterocycles. The number of pyridine rings is 1. The van der Waals surface area contributed by atoms with Crippen molar-refractivity contribution >= 4 is 23.4 Å². The Morgan fingerprint density at radius 2 is 1.77 bits per heavy atom. The topological polar surface area (TPSA) is 77.1 Å². The van der Waals surface area contributed by atoms with Gasteiger partial charge in [-0.2, -0.15) is 13.2 Å². The molecule has 0 aliphatic heterocycles. The normalized spacial score (nSPS) is 11.7. The monoisotopic (exact) mass is 465 g/mol. The Morgan fingerprint density at radius 1 is 1.10 bits per heavy atom. The highest BCUT2D eigenvalue weighted by Gasteiger charge is 2.35. The molecule has 1 aromatic carbocycles. The molecule has 0 aliphatic carbocycles. The van der Waals surface area contributed by atoms with Crippen molar-refractivity contribution in [1.82, 2.24) is 14.1 Å². The van der Waals surface area contributed by atoms with Gasteiger partial charge in [0.15, 0.2) is 0 Å². The van der Waals surface area contributed by atoms with Gasteiger partial charge in [-0.1, -0.05) is 23.4 Å². The van der Waals surface area contributed by atoms with Crippen molar-refractivity contribution < 1.29 is 27.1 Å². The summed E-state index contributed by atoms with van der Waals surface area (Å²) in [6.45, 7) is 0. The number of aromatic nitrogens is 3. The van der Waals surface area contributed by atoms with Gasteiger partial charge in [0, 0.05) is 18.0 Å². The summed E-state index contributed by atoms with van der Waals surface area (Å²) in [5, 5.41) is 9.51. The van der Waals surface area contributed by atoms with E-state index in [1.165, 1.54) is 0 Å². The molecule has 0 bridgehead atoms. The molecule has 0 fully saturated rings. The summed E-state index contributed by atoms with van der Waals surface area (Å²) in [5.74, 6) is -2.52. The second-order valence-corrected chi connectivity index (χ2v) is 7.34. The van der Waals surface area contributed by atoms with Crippen LogP contribution in [-0.2, 0) is 13.2 Å². The molecule has 0 saturated heterocycles. The van der Waals surface area contributed by atoms with E-state index in [2.05, 4.69) is 4.98 Å². The molecule has 0 unspecified atom stereocenters. The van der Waals surface area contributed by atoms with Crippen molar-refractivity contribution in [2.24, 2.45) is 7.05 Å². The Hall–Kier alpha value is -2.86. The SMILES string of the molecule is Cn1c(C(F)(F)F)cc(=O)n(-c2cc(Sc3cc(F)cnc3O)c(Cl)cc2F)c1=O. The second-order valence-electron chi connectivity index (χ2n) is 5.85. The minimum absolute atomic E-state index is 0.0235.